The SMILES string of the molecule is CSCC(=O)C(Cc1cccc2ccccc12)NC(=O)[C@H](CC(C)C)NC(=O)OCc1ccccc1. The Bertz CT molecular complexity index is 1160. The van der Waals surface area contributed by atoms with Crippen molar-refractivity contribution in [1.29, 1.82) is 0 Å². The summed E-state index contributed by atoms with van der Waals surface area (Å²) < 4.78 is 5.32. The third kappa shape index (κ3) is 8.12. The summed E-state index contributed by atoms with van der Waals surface area (Å²) in [6.07, 6.45) is 1.99. The van der Waals surface area contributed by atoms with Crippen LogP contribution in [-0.4, -0.2) is 41.9 Å². The number of hydrogen-bond donors (Lipinski definition) is 2. The third-order valence-corrected chi connectivity index (χ3v) is 6.40. The normalized spacial score (nSPS) is 12.7. The van der Waals surface area contributed by atoms with E-state index >= 15 is 0 Å². The fraction of sp³-hybridized carbons (Fsp3) is 0.345. The van der Waals surface area contributed by atoms with Gasteiger partial charge in [0.05, 0.1) is 11.8 Å². The van der Waals surface area contributed by atoms with Crippen LogP contribution in [0.25, 0.3) is 10.8 Å². The number of rotatable bonds is 12. The first kappa shape index (κ1) is 27.3. The van der Waals surface area contributed by atoms with Crippen LogP contribution >= 0.6 is 11.8 Å². The van der Waals surface area contributed by atoms with Gasteiger partial charge in [0.2, 0.25) is 5.91 Å². The number of amides is 2. The summed E-state index contributed by atoms with van der Waals surface area (Å²) in [6.45, 7) is 4.06. The van der Waals surface area contributed by atoms with Crippen molar-refractivity contribution in [2.24, 2.45) is 5.92 Å². The Balaban J connectivity index is 1.72. The molecule has 0 bridgehead atoms. The highest BCUT2D eigenvalue weighted by Gasteiger charge is 2.28. The number of benzene rings is 3. The summed E-state index contributed by atoms with van der Waals surface area (Å²) in [6, 6.07) is 21.8. The van der Waals surface area contributed by atoms with Crippen molar-refractivity contribution in [2.45, 2.75) is 45.4 Å². The molecule has 0 aliphatic heterocycles. The Morgan fingerprint density at radius 2 is 1.56 bits per heavy atom. The van der Waals surface area contributed by atoms with Gasteiger partial charge < -0.3 is 15.4 Å². The monoisotopic (exact) mass is 506 g/mol. The van der Waals surface area contributed by atoms with Gasteiger partial charge in [-0.05, 0) is 40.5 Å². The van der Waals surface area contributed by atoms with Crippen molar-refractivity contribution in [3.05, 3.63) is 83.9 Å². The van der Waals surface area contributed by atoms with Gasteiger partial charge in [-0.15, -0.1) is 0 Å². The molecule has 190 valence electrons. The highest BCUT2D eigenvalue weighted by Crippen LogP contribution is 2.20. The maximum atomic E-state index is 13.3. The van der Waals surface area contributed by atoms with Crippen LogP contribution in [-0.2, 0) is 27.4 Å². The van der Waals surface area contributed by atoms with E-state index in [-0.39, 0.29) is 30.0 Å². The minimum Gasteiger partial charge on any atom is -0.445 e. The number of carbonyl (C=O) groups excluding carboxylic acids is 3. The number of carbonyl (C=O) groups is 3. The molecule has 6 nitrogen and oxygen atoms in total. The lowest BCUT2D eigenvalue weighted by Crippen LogP contribution is -2.53. The maximum Gasteiger partial charge on any atom is 0.408 e. The summed E-state index contributed by atoms with van der Waals surface area (Å²) in [5.74, 6) is -0.00993. The molecular weight excluding hydrogens is 472 g/mol. The summed E-state index contributed by atoms with van der Waals surface area (Å²) in [5.41, 5.74) is 1.85. The molecule has 36 heavy (non-hydrogen) atoms. The Hall–Kier alpha value is -3.32. The zero-order valence-electron chi connectivity index (χ0n) is 21.0. The smallest absolute Gasteiger partial charge is 0.408 e. The number of Topliss-reactive ketones (excluding diaryl/α,β-unsaturated/α-hetero) is 1. The second-order valence-electron chi connectivity index (χ2n) is 9.19. The molecule has 7 heteroatoms. The zero-order valence-corrected chi connectivity index (χ0v) is 21.8. The molecule has 3 aromatic rings. The number of alkyl carbamates (subject to hydrolysis) is 1. The summed E-state index contributed by atoms with van der Waals surface area (Å²) in [4.78, 5) is 38.8. The molecule has 2 N–H and O–H groups in total. The quantitative estimate of drug-likeness (QED) is 0.355. The van der Waals surface area contributed by atoms with Crippen LogP contribution < -0.4 is 10.6 Å². The van der Waals surface area contributed by atoms with E-state index in [1.165, 1.54) is 11.8 Å². The molecule has 0 radical (unpaired) electrons. The van der Waals surface area contributed by atoms with E-state index in [9.17, 15) is 14.4 Å². The van der Waals surface area contributed by atoms with Gasteiger partial charge in [0, 0.05) is 6.42 Å². The first-order valence-corrected chi connectivity index (χ1v) is 13.5. The Kier molecular flexibility index (Phi) is 10.4. The van der Waals surface area contributed by atoms with E-state index in [2.05, 4.69) is 10.6 Å². The largest absolute Gasteiger partial charge is 0.445 e. The molecule has 0 aliphatic rings. The lowest BCUT2D eigenvalue weighted by molar-refractivity contribution is -0.128. The van der Waals surface area contributed by atoms with Crippen LogP contribution in [0.15, 0.2) is 72.8 Å². The number of nitrogens with one attached hydrogen (secondary N) is 2. The maximum absolute atomic E-state index is 13.3. The fourth-order valence-electron chi connectivity index (χ4n) is 4.06. The second-order valence-corrected chi connectivity index (χ2v) is 10.1. The average molecular weight is 507 g/mol. The molecule has 0 saturated carbocycles. The van der Waals surface area contributed by atoms with Gasteiger partial charge in [0.25, 0.3) is 0 Å². The van der Waals surface area contributed by atoms with Crippen molar-refractivity contribution in [3.63, 3.8) is 0 Å². The standard InChI is InChI=1S/C29H34N2O4S/c1-20(2)16-26(31-29(34)35-18-21-10-5-4-6-11-21)28(33)30-25(27(32)19-36-3)17-23-14-9-13-22-12-7-8-15-24(22)23/h4-15,20,25-26H,16-19H2,1-3H3,(H,30,33)(H,31,34)/t25?,26-/m0/s1. The van der Waals surface area contributed by atoms with Crippen LogP contribution in [0.1, 0.15) is 31.4 Å². The van der Waals surface area contributed by atoms with Crippen molar-refractivity contribution in [2.75, 3.05) is 12.0 Å². The van der Waals surface area contributed by atoms with E-state index in [1.54, 1.807) is 0 Å². The molecule has 1 unspecified atom stereocenters. The van der Waals surface area contributed by atoms with E-state index in [0.29, 0.717) is 12.8 Å². The highest BCUT2D eigenvalue weighted by atomic mass is 32.2. The molecule has 3 aromatic carbocycles. The van der Waals surface area contributed by atoms with Crippen molar-refractivity contribution < 1.29 is 19.1 Å². The van der Waals surface area contributed by atoms with Crippen LogP contribution in [0.5, 0.6) is 0 Å². The van der Waals surface area contributed by atoms with Crippen LogP contribution in [0.4, 0.5) is 4.79 Å². The Labute approximate surface area is 217 Å². The molecule has 0 heterocycles. The van der Waals surface area contributed by atoms with Gasteiger partial charge in [-0.3, -0.25) is 9.59 Å². The lowest BCUT2D eigenvalue weighted by atomic mass is 9.96. The molecule has 2 atom stereocenters. The van der Waals surface area contributed by atoms with Gasteiger partial charge in [0.15, 0.2) is 5.78 Å². The Morgan fingerprint density at radius 3 is 2.28 bits per heavy atom. The van der Waals surface area contributed by atoms with Crippen LogP contribution in [0, 0.1) is 5.92 Å². The minimum absolute atomic E-state index is 0.0567. The topological polar surface area (TPSA) is 84.5 Å². The third-order valence-electron chi connectivity index (χ3n) is 5.82. The molecule has 0 aliphatic carbocycles. The predicted molar refractivity (Wildman–Crippen MR) is 146 cm³/mol. The molecule has 2 amide bonds. The number of thioether (sulfide) groups is 1. The van der Waals surface area contributed by atoms with E-state index in [0.717, 1.165) is 21.9 Å². The number of ether oxygens (including phenoxy) is 1. The second kappa shape index (κ2) is 13.7. The van der Waals surface area contributed by atoms with Crippen molar-refractivity contribution >= 4 is 40.3 Å². The van der Waals surface area contributed by atoms with Gasteiger partial charge >= 0.3 is 6.09 Å². The summed E-state index contributed by atoms with van der Waals surface area (Å²) in [5, 5.41) is 7.76. The van der Waals surface area contributed by atoms with Crippen molar-refractivity contribution in [1.82, 2.24) is 10.6 Å². The van der Waals surface area contributed by atoms with Gasteiger partial charge in [-0.25, -0.2) is 4.79 Å². The molecule has 0 saturated heterocycles. The predicted octanol–water partition coefficient (Wildman–Crippen LogP) is 5.14. The van der Waals surface area contributed by atoms with Gasteiger partial charge in [-0.1, -0.05) is 86.6 Å². The van der Waals surface area contributed by atoms with Crippen LogP contribution in [0.2, 0.25) is 0 Å². The van der Waals surface area contributed by atoms with E-state index in [4.69, 9.17) is 4.74 Å². The first-order chi connectivity index (χ1) is 17.4. The van der Waals surface area contributed by atoms with Crippen molar-refractivity contribution in [3.8, 4) is 0 Å². The number of hydrogen-bond acceptors (Lipinski definition) is 5. The van der Waals surface area contributed by atoms with Crippen LogP contribution in [0.3, 0.4) is 0 Å². The zero-order chi connectivity index (χ0) is 25.9. The summed E-state index contributed by atoms with van der Waals surface area (Å²) in [7, 11) is 0. The molecular formula is C29H34N2O4S. The van der Waals surface area contributed by atoms with Gasteiger partial charge in [-0.2, -0.15) is 11.8 Å². The molecule has 3 rings (SSSR count). The van der Waals surface area contributed by atoms with Gasteiger partial charge in [0.1, 0.15) is 12.6 Å². The minimum atomic E-state index is -0.814. The number of ketones is 1. The fourth-order valence-corrected chi connectivity index (χ4v) is 4.55. The Morgan fingerprint density at radius 1 is 0.861 bits per heavy atom. The highest BCUT2D eigenvalue weighted by molar-refractivity contribution is 7.99. The number of fused-ring (bicyclic) bond motifs is 1. The lowest BCUT2D eigenvalue weighted by Gasteiger charge is -2.24. The molecule has 0 spiro atoms. The molecule has 0 aromatic heterocycles. The van der Waals surface area contributed by atoms with E-state index < -0.39 is 18.2 Å². The van der Waals surface area contributed by atoms with E-state index in [1.807, 2.05) is 92.9 Å². The molecule has 0 fully saturated rings. The first-order valence-electron chi connectivity index (χ1n) is 12.1. The average Bonchev–Trinajstić information content (AvgIpc) is 2.87. The summed E-state index contributed by atoms with van der Waals surface area (Å²) >= 11 is 1.42.